The lowest BCUT2D eigenvalue weighted by Gasteiger charge is -2.27. The summed E-state index contributed by atoms with van der Waals surface area (Å²) in [6.07, 6.45) is 1.09. The molecular weight excluding hydrogens is 308 g/mol. The number of fused-ring (bicyclic) bond motifs is 1. The van der Waals surface area contributed by atoms with Gasteiger partial charge in [-0.05, 0) is 47.9 Å². The van der Waals surface area contributed by atoms with Crippen LogP contribution in [0.2, 0.25) is 0 Å². The highest BCUT2D eigenvalue weighted by Crippen LogP contribution is 2.46. The van der Waals surface area contributed by atoms with E-state index in [9.17, 15) is 0 Å². The van der Waals surface area contributed by atoms with Crippen LogP contribution in [0.4, 0.5) is 0 Å². The number of hydrogen-bond acceptors (Lipinski definition) is 4. The van der Waals surface area contributed by atoms with Gasteiger partial charge in [0.1, 0.15) is 13.2 Å². The molecule has 104 valence electrons. The van der Waals surface area contributed by atoms with Gasteiger partial charge in [-0.15, -0.1) is 0 Å². The summed E-state index contributed by atoms with van der Waals surface area (Å²) < 4.78 is 12.5. The normalized spacial score (nSPS) is 26.7. The zero-order chi connectivity index (χ0) is 13.4. The summed E-state index contributed by atoms with van der Waals surface area (Å²) in [5.74, 6) is 2.31. The molecular formula is C14H19BrN2O2. The van der Waals surface area contributed by atoms with Crippen molar-refractivity contribution in [3.8, 4) is 11.5 Å². The first-order valence-electron chi connectivity index (χ1n) is 6.69. The lowest BCUT2D eigenvalue weighted by atomic mass is 9.98. The number of benzene rings is 1. The Bertz CT molecular complexity index is 481. The number of likely N-dealkylation sites (tertiary alicyclic amines) is 1. The molecule has 0 aliphatic carbocycles. The SMILES string of the molecule is CN1CC(CN)CC1c1ccc(Br)c2c1OCCO2. The van der Waals surface area contributed by atoms with Gasteiger partial charge in [0.25, 0.3) is 0 Å². The first-order chi connectivity index (χ1) is 9.20. The van der Waals surface area contributed by atoms with Gasteiger partial charge < -0.3 is 15.2 Å². The quantitative estimate of drug-likeness (QED) is 0.904. The third-order valence-electron chi connectivity index (χ3n) is 4.00. The summed E-state index contributed by atoms with van der Waals surface area (Å²) in [5, 5.41) is 0. The Morgan fingerprint density at radius 2 is 2.05 bits per heavy atom. The van der Waals surface area contributed by atoms with Crippen LogP contribution in [0.25, 0.3) is 0 Å². The number of nitrogens with zero attached hydrogens (tertiary/aromatic N) is 1. The fraction of sp³-hybridized carbons (Fsp3) is 0.571. The summed E-state index contributed by atoms with van der Waals surface area (Å²) in [6.45, 7) is 3.03. The fourth-order valence-electron chi connectivity index (χ4n) is 3.03. The second-order valence-corrected chi connectivity index (χ2v) is 6.14. The standard InChI is InChI=1S/C14H19BrN2O2/c1-17-8-9(7-16)6-12(17)10-2-3-11(15)14-13(10)18-4-5-19-14/h2-3,9,12H,4-8,16H2,1H3. The second kappa shape index (κ2) is 5.31. The lowest BCUT2D eigenvalue weighted by molar-refractivity contribution is 0.165. The van der Waals surface area contributed by atoms with Gasteiger partial charge in [-0.2, -0.15) is 0 Å². The highest BCUT2D eigenvalue weighted by atomic mass is 79.9. The number of rotatable bonds is 2. The second-order valence-electron chi connectivity index (χ2n) is 5.28. The van der Waals surface area contributed by atoms with Crippen molar-refractivity contribution in [1.82, 2.24) is 4.90 Å². The Kier molecular flexibility index (Phi) is 3.69. The number of halogens is 1. The molecule has 0 bridgehead atoms. The van der Waals surface area contributed by atoms with Crippen LogP contribution in [0.5, 0.6) is 11.5 Å². The van der Waals surface area contributed by atoms with Gasteiger partial charge >= 0.3 is 0 Å². The molecule has 0 amide bonds. The van der Waals surface area contributed by atoms with E-state index in [0.717, 1.165) is 35.5 Å². The van der Waals surface area contributed by atoms with E-state index in [2.05, 4.69) is 33.9 Å². The molecule has 0 spiro atoms. The van der Waals surface area contributed by atoms with Crippen molar-refractivity contribution in [3.63, 3.8) is 0 Å². The van der Waals surface area contributed by atoms with Crippen LogP contribution < -0.4 is 15.2 Å². The summed E-state index contributed by atoms with van der Waals surface area (Å²) in [5.41, 5.74) is 7.03. The number of ether oxygens (including phenoxy) is 2. The van der Waals surface area contributed by atoms with E-state index >= 15 is 0 Å². The molecule has 1 fully saturated rings. The maximum atomic E-state index is 5.85. The Hall–Kier alpha value is -0.780. The number of hydrogen-bond donors (Lipinski definition) is 1. The average Bonchev–Trinajstić information content (AvgIpc) is 2.81. The Labute approximate surface area is 122 Å². The van der Waals surface area contributed by atoms with Gasteiger partial charge in [-0.25, -0.2) is 0 Å². The van der Waals surface area contributed by atoms with E-state index in [1.807, 2.05) is 6.07 Å². The Morgan fingerprint density at radius 3 is 2.74 bits per heavy atom. The van der Waals surface area contributed by atoms with Crippen LogP contribution in [-0.4, -0.2) is 38.3 Å². The van der Waals surface area contributed by atoms with Gasteiger partial charge in [0.15, 0.2) is 11.5 Å². The molecule has 0 radical (unpaired) electrons. The van der Waals surface area contributed by atoms with Crippen LogP contribution in [0.1, 0.15) is 18.0 Å². The minimum Gasteiger partial charge on any atom is -0.486 e. The van der Waals surface area contributed by atoms with Crippen molar-refractivity contribution >= 4 is 15.9 Å². The third-order valence-corrected chi connectivity index (χ3v) is 4.62. The van der Waals surface area contributed by atoms with Crippen molar-refractivity contribution < 1.29 is 9.47 Å². The maximum absolute atomic E-state index is 5.85. The molecule has 2 unspecified atom stereocenters. The molecule has 1 saturated heterocycles. The fourth-order valence-corrected chi connectivity index (χ4v) is 3.45. The van der Waals surface area contributed by atoms with E-state index in [4.69, 9.17) is 15.2 Å². The highest BCUT2D eigenvalue weighted by Gasteiger charge is 2.33. The van der Waals surface area contributed by atoms with Crippen molar-refractivity contribution in [3.05, 3.63) is 22.2 Å². The smallest absolute Gasteiger partial charge is 0.175 e. The van der Waals surface area contributed by atoms with E-state index in [-0.39, 0.29) is 0 Å². The molecule has 3 rings (SSSR count). The van der Waals surface area contributed by atoms with Gasteiger partial charge in [-0.3, -0.25) is 4.90 Å². The minimum atomic E-state index is 0.372. The van der Waals surface area contributed by atoms with Crippen molar-refractivity contribution in [2.24, 2.45) is 11.7 Å². The predicted octanol–water partition coefficient (Wildman–Crippen LogP) is 2.17. The molecule has 0 aromatic heterocycles. The molecule has 2 N–H and O–H groups in total. The van der Waals surface area contributed by atoms with Crippen molar-refractivity contribution in [2.75, 3.05) is 33.4 Å². The van der Waals surface area contributed by atoms with E-state index in [0.29, 0.717) is 25.2 Å². The minimum absolute atomic E-state index is 0.372. The molecule has 1 aromatic carbocycles. The summed E-state index contributed by atoms with van der Waals surface area (Å²) in [7, 11) is 2.15. The monoisotopic (exact) mass is 326 g/mol. The first-order valence-corrected chi connectivity index (χ1v) is 7.48. The molecule has 2 heterocycles. The first kappa shape index (κ1) is 13.2. The molecule has 1 aromatic rings. The molecule has 2 aliphatic rings. The van der Waals surface area contributed by atoms with Gasteiger partial charge in [-0.1, -0.05) is 6.07 Å². The molecule has 2 aliphatic heterocycles. The van der Waals surface area contributed by atoms with E-state index < -0.39 is 0 Å². The molecule has 19 heavy (non-hydrogen) atoms. The average molecular weight is 327 g/mol. The predicted molar refractivity (Wildman–Crippen MR) is 77.7 cm³/mol. The Morgan fingerprint density at radius 1 is 1.32 bits per heavy atom. The van der Waals surface area contributed by atoms with Crippen LogP contribution in [0.15, 0.2) is 16.6 Å². The highest BCUT2D eigenvalue weighted by molar-refractivity contribution is 9.10. The lowest BCUT2D eigenvalue weighted by Crippen LogP contribution is -2.22. The van der Waals surface area contributed by atoms with Crippen LogP contribution in [-0.2, 0) is 0 Å². The molecule has 2 atom stereocenters. The van der Waals surface area contributed by atoms with E-state index in [1.54, 1.807) is 0 Å². The maximum Gasteiger partial charge on any atom is 0.175 e. The molecule has 5 heteroatoms. The zero-order valence-corrected chi connectivity index (χ0v) is 12.6. The summed E-state index contributed by atoms with van der Waals surface area (Å²) >= 11 is 3.53. The third kappa shape index (κ3) is 2.35. The number of nitrogens with two attached hydrogens (primary N) is 1. The van der Waals surface area contributed by atoms with Crippen molar-refractivity contribution in [1.29, 1.82) is 0 Å². The van der Waals surface area contributed by atoms with Gasteiger partial charge in [0, 0.05) is 18.2 Å². The van der Waals surface area contributed by atoms with E-state index in [1.165, 1.54) is 5.56 Å². The van der Waals surface area contributed by atoms with Crippen LogP contribution in [0, 0.1) is 5.92 Å². The molecule has 4 nitrogen and oxygen atoms in total. The molecule has 0 saturated carbocycles. The Balaban J connectivity index is 1.97. The van der Waals surface area contributed by atoms with Gasteiger partial charge in [0.2, 0.25) is 0 Å². The van der Waals surface area contributed by atoms with Crippen LogP contribution in [0.3, 0.4) is 0 Å². The largest absolute Gasteiger partial charge is 0.486 e. The topological polar surface area (TPSA) is 47.7 Å². The van der Waals surface area contributed by atoms with Crippen LogP contribution >= 0.6 is 15.9 Å². The summed E-state index contributed by atoms with van der Waals surface area (Å²) in [4.78, 5) is 2.36. The van der Waals surface area contributed by atoms with Crippen molar-refractivity contribution in [2.45, 2.75) is 12.5 Å². The van der Waals surface area contributed by atoms with Gasteiger partial charge in [0.05, 0.1) is 4.47 Å². The zero-order valence-electron chi connectivity index (χ0n) is 11.1. The summed E-state index contributed by atoms with van der Waals surface area (Å²) in [6, 6.07) is 4.56.